The molecule has 1 aliphatic rings. The van der Waals surface area contributed by atoms with Crippen molar-refractivity contribution in [3.8, 4) is 0 Å². The summed E-state index contributed by atoms with van der Waals surface area (Å²) < 4.78 is 64.8. The first-order chi connectivity index (χ1) is 5.90. The molecule has 29 valence electrons. The van der Waals surface area contributed by atoms with Gasteiger partial charge in [0.1, 0.15) is 0 Å². The van der Waals surface area contributed by atoms with Crippen molar-refractivity contribution >= 4 is 0 Å². The predicted molar refractivity (Wildman–Crippen MR) is 22.8 cm³/mol. The molecule has 0 unspecified atom stereocenters. The molecule has 0 spiro atoms. The predicted octanol–water partition coefficient (Wildman–Crippen LogP) is 1.76. The molecule has 0 bridgehead atoms. The van der Waals surface area contributed by atoms with Gasteiger partial charge in [-0.05, 0) is 6.40 Å². The maximum absolute atomic E-state index is 7.21. The summed E-state index contributed by atoms with van der Waals surface area (Å²) in [5.74, 6) is 0. The van der Waals surface area contributed by atoms with Gasteiger partial charge in [-0.1, -0.05) is 25.5 Å². The van der Waals surface area contributed by atoms with Crippen LogP contribution >= 0.6 is 0 Å². The molecule has 5 heavy (non-hydrogen) atoms. The van der Waals surface area contributed by atoms with Gasteiger partial charge in [-0.3, -0.25) is 0 Å². The van der Waals surface area contributed by atoms with Crippen molar-refractivity contribution in [2.24, 2.45) is 0 Å². The third kappa shape index (κ3) is 0.640. The molecule has 0 aliphatic heterocycles. The molecule has 1 fully saturated rings. The van der Waals surface area contributed by atoms with E-state index < -0.39 is 31.9 Å². The molecule has 0 saturated heterocycles. The van der Waals surface area contributed by atoms with Gasteiger partial charge in [0.05, 0.1) is 0 Å². The van der Waals surface area contributed by atoms with E-state index in [-0.39, 0.29) is 0 Å². The summed E-state index contributed by atoms with van der Waals surface area (Å²) in [6, 6.07) is 0. The van der Waals surface area contributed by atoms with Crippen LogP contribution in [0, 0.1) is 6.40 Å². The summed E-state index contributed by atoms with van der Waals surface area (Å²) in [7, 11) is 0. The van der Waals surface area contributed by atoms with Gasteiger partial charge in [-0.25, -0.2) is 0 Å². The van der Waals surface area contributed by atoms with Crippen LogP contribution in [0.5, 0.6) is 0 Å². The Bertz CT molecular complexity index is 228. The van der Waals surface area contributed by atoms with Crippen molar-refractivity contribution in [2.75, 3.05) is 0 Å². The molecule has 1 radical (unpaired) electrons. The Hall–Kier alpha value is 0. The smallest absolute Gasteiger partial charge is 0.0306 e. The van der Waals surface area contributed by atoms with Crippen LogP contribution in [0.2, 0.25) is 0 Å². The normalized spacial score (nSPS) is 94.8. The monoisotopic (exact) mass is 78.1 g/mol. The van der Waals surface area contributed by atoms with Crippen LogP contribution in [0.4, 0.5) is 0 Å². The largest absolute Gasteiger partial charge is 0.0530 e. The fourth-order valence-electron chi connectivity index (χ4n) is 0.156. The minimum atomic E-state index is -3.04. The highest BCUT2D eigenvalue weighted by Crippen LogP contribution is 2.13. The first-order valence-corrected chi connectivity index (χ1v) is 1.25. The first kappa shape index (κ1) is 0.408. The van der Waals surface area contributed by atoms with E-state index in [2.05, 4.69) is 0 Å². The molecule has 0 aromatic rings. The molecule has 0 aromatic carbocycles. The average molecular weight is 78.2 g/mol. The van der Waals surface area contributed by atoms with Crippen LogP contribution in [-0.2, 0) is 0 Å². The maximum atomic E-state index is 7.21. The standard InChI is InChI=1S/C5H9/c1-2-4-5-3-1/h1H,2-5H2/i1D,2D2,3D2,4D2,5D2. The summed E-state index contributed by atoms with van der Waals surface area (Å²) in [4.78, 5) is 0. The highest BCUT2D eigenvalue weighted by atomic mass is 14.0. The van der Waals surface area contributed by atoms with E-state index >= 15 is 0 Å². The Balaban J connectivity index is 3.38. The minimum Gasteiger partial charge on any atom is -0.0530 e. The van der Waals surface area contributed by atoms with Gasteiger partial charge in [-0.15, -0.1) is 0 Å². The molecule has 1 rings (SSSR count). The van der Waals surface area contributed by atoms with Crippen LogP contribution in [-0.4, -0.2) is 0 Å². The van der Waals surface area contributed by atoms with Crippen LogP contribution < -0.4 is 0 Å². The molecular formula is C5H9. The van der Waals surface area contributed by atoms with Gasteiger partial charge >= 0.3 is 0 Å². The van der Waals surface area contributed by atoms with Crippen molar-refractivity contribution in [3.63, 3.8) is 0 Å². The van der Waals surface area contributed by atoms with Gasteiger partial charge in [-0.2, -0.15) is 0 Å². The Morgan fingerprint density at radius 3 is 2.40 bits per heavy atom. The average Bonchev–Trinajstić information content (AvgIpc) is 2.05. The van der Waals surface area contributed by atoms with Crippen molar-refractivity contribution in [3.05, 3.63) is 6.40 Å². The summed E-state index contributed by atoms with van der Waals surface area (Å²) in [6.45, 7) is 0. The van der Waals surface area contributed by atoms with E-state index in [0.717, 1.165) is 0 Å². The molecule has 0 N–H and O–H groups in total. The summed E-state index contributed by atoms with van der Waals surface area (Å²) in [5, 5.41) is 0. The highest BCUT2D eigenvalue weighted by molar-refractivity contribution is 4.71. The van der Waals surface area contributed by atoms with Gasteiger partial charge in [0.25, 0.3) is 0 Å². The van der Waals surface area contributed by atoms with E-state index in [1.807, 2.05) is 0 Å². The van der Waals surface area contributed by atoms with Gasteiger partial charge in [0, 0.05) is 12.3 Å². The summed E-state index contributed by atoms with van der Waals surface area (Å²) in [5.41, 5.74) is 0. The van der Waals surface area contributed by atoms with E-state index in [1.54, 1.807) is 0 Å². The Labute approximate surface area is 45.8 Å². The molecule has 0 aromatic heterocycles. The Morgan fingerprint density at radius 2 is 2.20 bits per heavy atom. The topological polar surface area (TPSA) is 0 Å². The lowest BCUT2D eigenvalue weighted by Gasteiger charge is -1.67. The second-order valence-corrected chi connectivity index (χ2v) is 0.625. The number of hydrogen-bond acceptors (Lipinski definition) is 0. The van der Waals surface area contributed by atoms with E-state index in [9.17, 15) is 0 Å². The zero-order valence-electron chi connectivity index (χ0n) is 11.5. The van der Waals surface area contributed by atoms with Crippen molar-refractivity contribution in [1.29, 1.82) is 0 Å². The van der Waals surface area contributed by atoms with Crippen LogP contribution in [0.1, 0.15) is 37.8 Å². The lowest BCUT2D eigenvalue weighted by Crippen LogP contribution is -1.50. The molecule has 0 nitrogen and oxygen atoms in total. The molecular weight excluding hydrogens is 60.1 g/mol. The van der Waals surface area contributed by atoms with E-state index in [4.69, 9.17) is 12.3 Å². The quantitative estimate of drug-likeness (QED) is 0.414. The Morgan fingerprint density at radius 1 is 1.60 bits per heavy atom. The third-order valence-electron chi connectivity index (χ3n) is 0.312. The fourth-order valence-corrected chi connectivity index (χ4v) is 0.156. The maximum Gasteiger partial charge on any atom is 0.0306 e. The highest BCUT2D eigenvalue weighted by Gasteiger charge is 1.95. The fraction of sp³-hybridized carbons (Fsp3) is 0.800. The van der Waals surface area contributed by atoms with Gasteiger partial charge in [0.15, 0.2) is 0 Å². The van der Waals surface area contributed by atoms with Crippen molar-refractivity contribution < 1.29 is 12.3 Å². The zero-order chi connectivity index (χ0) is 11.6. The van der Waals surface area contributed by atoms with Gasteiger partial charge in [0.2, 0.25) is 0 Å². The van der Waals surface area contributed by atoms with Crippen LogP contribution in [0.3, 0.4) is 0 Å². The number of rotatable bonds is 0. The molecule has 0 atom stereocenters. The molecule has 0 amide bonds. The number of hydrogen-bond donors (Lipinski definition) is 0. The third-order valence-corrected chi connectivity index (χ3v) is 0.312. The van der Waals surface area contributed by atoms with Crippen LogP contribution in [0.25, 0.3) is 0 Å². The summed E-state index contributed by atoms with van der Waals surface area (Å²) in [6.07, 6.45) is -13.1. The SMILES string of the molecule is [2H][C]1C([2H])([2H])C([2H])([2H])C([2H])([2H])C1([2H])[2H]. The van der Waals surface area contributed by atoms with E-state index in [1.165, 1.54) is 0 Å². The minimum absolute atomic E-state index is 1.18. The van der Waals surface area contributed by atoms with Crippen molar-refractivity contribution in [2.45, 2.75) is 25.5 Å². The molecule has 1 aliphatic carbocycles. The van der Waals surface area contributed by atoms with E-state index in [0.29, 0.717) is 0 Å². The van der Waals surface area contributed by atoms with Gasteiger partial charge < -0.3 is 0 Å². The lowest BCUT2D eigenvalue weighted by atomic mass is 10.4. The molecule has 1 saturated carbocycles. The molecule has 0 heterocycles. The van der Waals surface area contributed by atoms with Crippen LogP contribution in [0.15, 0.2) is 0 Å². The lowest BCUT2D eigenvalue weighted by molar-refractivity contribution is 0.886. The molecule has 0 heteroatoms. The van der Waals surface area contributed by atoms with Crippen molar-refractivity contribution in [1.82, 2.24) is 0 Å². The first-order valence-electron chi connectivity index (χ1n) is 5.75. The zero-order valence-corrected chi connectivity index (χ0v) is 2.50. The Kier molecular flexibility index (Phi) is 0.118. The second kappa shape index (κ2) is 1.44. The summed E-state index contributed by atoms with van der Waals surface area (Å²) >= 11 is 0. The second-order valence-electron chi connectivity index (χ2n) is 0.625.